The Morgan fingerprint density at radius 1 is 0.957 bits per heavy atom. The van der Waals surface area contributed by atoms with Crippen molar-refractivity contribution in [3.8, 4) is 0 Å². The average molecular weight is 320 g/mol. The van der Waals surface area contributed by atoms with Gasteiger partial charge in [0.05, 0.1) is 11.1 Å². The van der Waals surface area contributed by atoms with E-state index in [2.05, 4.69) is 13.8 Å². The van der Waals surface area contributed by atoms with Crippen LogP contribution in [0.5, 0.6) is 0 Å². The molecule has 128 valence electrons. The molecule has 0 aliphatic carbocycles. The molecule has 0 fully saturated rings. The molecule has 23 heavy (non-hydrogen) atoms. The van der Waals surface area contributed by atoms with Gasteiger partial charge in [0, 0.05) is 0 Å². The molecule has 0 saturated heterocycles. The molecule has 0 aliphatic heterocycles. The minimum atomic E-state index is -1.18. The lowest BCUT2D eigenvalue weighted by molar-refractivity contribution is 0.0650. The van der Waals surface area contributed by atoms with Gasteiger partial charge in [-0.05, 0) is 42.9 Å². The molecule has 0 aliphatic rings. The quantitative estimate of drug-likeness (QED) is 0.599. The highest BCUT2D eigenvalue weighted by atomic mass is 16.4. The topological polar surface area (TPSA) is 74.6 Å². The summed E-state index contributed by atoms with van der Waals surface area (Å²) >= 11 is 0. The molecular formula is C19H28O4. The van der Waals surface area contributed by atoms with Gasteiger partial charge in [-0.1, -0.05) is 52.0 Å². The minimum Gasteiger partial charge on any atom is -0.478 e. The fourth-order valence-corrected chi connectivity index (χ4v) is 2.88. The van der Waals surface area contributed by atoms with Gasteiger partial charge in [-0.25, -0.2) is 9.59 Å². The molecule has 0 unspecified atom stereocenters. The summed E-state index contributed by atoms with van der Waals surface area (Å²) in [7, 11) is 0. The number of unbranched alkanes of at least 4 members (excludes halogenated alkanes) is 4. The van der Waals surface area contributed by atoms with Gasteiger partial charge in [0.15, 0.2) is 0 Å². The summed E-state index contributed by atoms with van der Waals surface area (Å²) in [5.41, 5.74) is 1.36. The van der Waals surface area contributed by atoms with Crippen molar-refractivity contribution in [1.82, 2.24) is 0 Å². The molecular weight excluding hydrogens is 292 g/mol. The number of carboxylic acids is 2. The summed E-state index contributed by atoms with van der Waals surface area (Å²) in [6.45, 7) is 6.30. The first-order valence-corrected chi connectivity index (χ1v) is 8.43. The van der Waals surface area contributed by atoms with Gasteiger partial charge in [0.2, 0.25) is 0 Å². The van der Waals surface area contributed by atoms with Crippen molar-refractivity contribution in [3.63, 3.8) is 0 Å². The van der Waals surface area contributed by atoms with Crippen LogP contribution in [0, 0.1) is 12.8 Å². The van der Waals surface area contributed by atoms with Crippen molar-refractivity contribution in [1.29, 1.82) is 0 Å². The molecule has 0 atom stereocenters. The van der Waals surface area contributed by atoms with Crippen LogP contribution in [-0.2, 0) is 6.42 Å². The zero-order chi connectivity index (χ0) is 17.4. The van der Waals surface area contributed by atoms with E-state index in [0.29, 0.717) is 12.0 Å². The van der Waals surface area contributed by atoms with Crippen LogP contribution in [0.25, 0.3) is 0 Å². The summed E-state index contributed by atoms with van der Waals surface area (Å²) in [6, 6.07) is 3.09. The number of rotatable bonds is 10. The zero-order valence-electron chi connectivity index (χ0n) is 14.4. The fraction of sp³-hybridized carbons (Fsp3) is 0.579. The third-order valence-electron chi connectivity index (χ3n) is 4.20. The molecule has 0 saturated carbocycles. The molecule has 2 N–H and O–H groups in total. The summed E-state index contributed by atoms with van der Waals surface area (Å²) < 4.78 is 0. The first-order chi connectivity index (χ1) is 10.8. The van der Waals surface area contributed by atoms with E-state index >= 15 is 0 Å². The molecule has 4 heteroatoms. The van der Waals surface area contributed by atoms with Crippen molar-refractivity contribution < 1.29 is 19.8 Å². The van der Waals surface area contributed by atoms with Gasteiger partial charge in [-0.2, -0.15) is 0 Å². The number of carbonyl (C=O) groups is 2. The number of aromatic carboxylic acids is 2. The fourth-order valence-electron chi connectivity index (χ4n) is 2.88. The second kappa shape index (κ2) is 9.33. The van der Waals surface area contributed by atoms with E-state index in [9.17, 15) is 19.8 Å². The van der Waals surface area contributed by atoms with Crippen LogP contribution in [0.2, 0.25) is 0 Å². The van der Waals surface area contributed by atoms with Crippen LogP contribution in [0.15, 0.2) is 12.1 Å². The van der Waals surface area contributed by atoms with Crippen LogP contribution in [0.4, 0.5) is 0 Å². The highest BCUT2D eigenvalue weighted by Crippen LogP contribution is 2.22. The predicted molar refractivity (Wildman–Crippen MR) is 91.3 cm³/mol. The maximum Gasteiger partial charge on any atom is 0.336 e. The van der Waals surface area contributed by atoms with Gasteiger partial charge in [0.25, 0.3) is 0 Å². The second-order valence-corrected chi connectivity index (χ2v) is 6.59. The van der Waals surface area contributed by atoms with Gasteiger partial charge in [0.1, 0.15) is 0 Å². The first-order valence-electron chi connectivity index (χ1n) is 8.43. The normalized spacial score (nSPS) is 11.0. The average Bonchev–Trinajstić information content (AvgIpc) is 2.46. The van der Waals surface area contributed by atoms with Crippen molar-refractivity contribution in [2.75, 3.05) is 0 Å². The predicted octanol–water partition coefficient (Wildman–Crippen LogP) is 4.93. The van der Waals surface area contributed by atoms with Gasteiger partial charge < -0.3 is 10.2 Å². The Kier molecular flexibility index (Phi) is 7.79. The first kappa shape index (κ1) is 19.2. The summed E-state index contributed by atoms with van der Waals surface area (Å²) in [5, 5.41) is 18.6. The third-order valence-corrected chi connectivity index (χ3v) is 4.20. The van der Waals surface area contributed by atoms with Gasteiger partial charge >= 0.3 is 11.9 Å². The van der Waals surface area contributed by atoms with E-state index in [1.165, 1.54) is 25.3 Å². The Morgan fingerprint density at radius 3 is 2.13 bits per heavy atom. The van der Waals surface area contributed by atoms with Crippen LogP contribution in [0.1, 0.15) is 84.2 Å². The van der Waals surface area contributed by atoms with E-state index in [-0.39, 0.29) is 11.1 Å². The van der Waals surface area contributed by atoms with Crippen LogP contribution in [0.3, 0.4) is 0 Å². The van der Waals surface area contributed by atoms with Crippen molar-refractivity contribution in [2.45, 2.75) is 65.7 Å². The van der Waals surface area contributed by atoms with Crippen LogP contribution in [-0.4, -0.2) is 22.2 Å². The van der Waals surface area contributed by atoms with Crippen LogP contribution >= 0.6 is 0 Å². The van der Waals surface area contributed by atoms with E-state index in [1.807, 2.05) is 6.92 Å². The number of carboxylic acid groups (broad SMARTS) is 2. The Bertz CT molecular complexity index is 547. The highest BCUT2D eigenvalue weighted by Gasteiger charge is 2.21. The third kappa shape index (κ3) is 6.05. The number of benzene rings is 1. The van der Waals surface area contributed by atoms with E-state index < -0.39 is 11.9 Å². The van der Waals surface area contributed by atoms with E-state index in [0.717, 1.165) is 30.7 Å². The molecule has 4 nitrogen and oxygen atoms in total. The molecule has 1 rings (SSSR count). The zero-order valence-corrected chi connectivity index (χ0v) is 14.4. The Hall–Kier alpha value is -1.84. The van der Waals surface area contributed by atoms with Crippen molar-refractivity contribution >= 4 is 11.9 Å². The SMILES string of the molecule is Cc1ccc(C(=O)O)c(C(=O)O)c1CCCCCCCC(C)C. The summed E-state index contributed by atoms with van der Waals surface area (Å²) in [4.78, 5) is 22.7. The lowest BCUT2D eigenvalue weighted by Gasteiger charge is -2.12. The molecule has 0 radical (unpaired) electrons. The van der Waals surface area contributed by atoms with Crippen LogP contribution < -0.4 is 0 Å². The monoisotopic (exact) mass is 320 g/mol. The Morgan fingerprint density at radius 2 is 1.57 bits per heavy atom. The van der Waals surface area contributed by atoms with E-state index in [4.69, 9.17) is 0 Å². The second-order valence-electron chi connectivity index (χ2n) is 6.59. The van der Waals surface area contributed by atoms with E-state index in [1.54, 1.807) is 6.07 Å². The molecule has 0 amide bonds. The Labute approximate surface area is 138 Å². The minimum absolute atomic E-state index is 0.0442. The number of hydrogen-bond acceptors (Lipinski definition) is 2. The molecule has 0 spiro atoms. The molecule has 0 heterocycles. The molecule has 1 aromatic rings. The number of hydrogen-bond donors (Lipinski definition) is 2. The lowest BCUT2D eigenvalue weighted by atomic mass is 9.92. The Balaban J connectivity index is 2.64. The lowest BCUT2D eigenvalue weighted by Crippen LogP contribution is -2.13. The summed E-state index contributed by atoms with van der Waals surface area (Å²) in [6.07, 6.45) is 7.41. The highest BCUT2D eigenvalue weighted by molar-refractivity contribution is 6.03. The molecule has 0 bridgehead atoms. The maximum atomic E-state index is 11.5. The van der Waals surface area contributed by atoms with Gasteiger partial charge in [-0.3, -0.25) is 0 Å². The maximum absolute atomic E-state index is 11.5. The standard InChI is InChI=1S/C19H28O4/c1-13(2)9-7-5-4-6-8-10-15-14(3)11-12-16(18(20)21)17(15)19(22)23/h11-13H,4-10H2,1-3H3,(H,20,21)(H,22,23). The van der Waals surface area contributed by atoms with Crippen molar-refractivity contribution in [2.24, 2.45) is 5.92 Å². The smallest absolute Gasteiger partial charge is 0.336 e. The molecule has 0 aromatic heterocycles. The number of aryl methyl sites for hydroxylation is 1. The largest absolute Gasteiger partial charge is 0.478 e. The van der Waals surface area contributed by atoms with Crippen molar-refractivity contribution in [3.05, 3.63) is 34.4 Å². The van der Waals surface area contributed by atoms with Gasteiger partial charge in [-0.15, -0.1) is 0 Å². The summed E-state index contributed by atoms with van der Waals surface area (Å²) in [5.74, 6) is -1.59. The molecule has 1 aromatic carbocycles.